The van der Waals surface area contributed by atoms with Crippen LogP contribution in [0.4, 0.5) is 5.69 Å². The molecule has 3 rings (SSSR count). The fourth-order valence-corrected chi connectivity index (χ4v) is 4.72. The zero-order valence-electron chi connectivity index (χ0n) is 16.4. The molecule has 6 nitrogen and oxygen atoms in total. The molecule has 0 bridgehead atoms. The number of sulfonamides is 1. The van der Waals surface area contributed by atoms with E-state index in [0.717, 1.165) is 25.2 Å². The Balaban J connectivity index is 1.87. The number of hydrogen-bond acceptors (Lipinski definition) is 4. The fourth-order valence-electron chi connectivity index (χ4n) is 3.28. The van der Waals surface area contributed by atoms with Gasteiger partial charge in [-0.15, -0.1) is 0 Å². The molecule has 0 spiro atoms. The average molecular weight is 402 g/mol. The number of rotatable bonds is 6. The summed E-state index contributed by atoms with van der Waals surface area (Å²) in [4.78, 5) is 17.1. The molecule has 0 N–H and O–H groups in total. The van der Waals surface area contributed by atoms with Crippen molar-refractivity contribution in [3.05, 3.63) is 60.2 Å². The van der Waals surface area contributed by atoms with Crippen LogP contribution in [0.1, 0.15) is 12.5 Å². The summed E-state index contributed by atoms with van der Waals surface area (Å²) in [6, 6.07) is 15.5. The van der Waals surface area contributed by atoms with Crippen LogP contribution in [0.5, 0.6) is 0 Å². The maximum Gasteiger partial charge on any atom is 0.264 e. The molecule has 1 amide bonds. The third-order valence-corrected chi connectivity index (χ3v) is 6.89. The van der Waals surface area contributed by atoms with E-state index in [1.807, 2.05) is 19.1 Å². The molecule has 0 atom stereocenters. The van der Waals surface area contributed by atoms with Crippen LogP contribution >= 0.6 is 0 Å². The molecule has 0 unspecified atom stereocenters. The van der Waals surface area contributed by atoms with E-state index < -0.39 is 10.0 Å². The molecule has 1 heterocycles. The topological polar surface area (TPSA) is 60.9 Å². The van der Waals surface area contributed by atoms with Crippen LogP contribution in [0.25, 0.3) is 0 Å². The molecule has 1 fully saturated rings. The molecule has 1 saturated heterocycles. The molecule has 0 aliphatic carbocycles. The summed E-state index contributed by atoms with van der Waals surface area (Å²) in [6.45, 7) is 7.68. The van der Waals surface area contributed by atoms with Crippen molar-refractivity contribution in [2.45, 2.75) is 18.7 Å². The quantitative estimate of drug-likeness (QED) is 0.746. The first-order valence-corrected chi connectivity index (χ1v) is 11.0. The Bertz CT molecular complexity index is 890. The van der Waals surface area contributed by atoms with Gasteiger partial charge < -0.3 is 9.80 Å². The van der Waals surface area contributed by atoms with Crippen molar-refractivity contribution >= 4 is 21.6 Å². The summed E-state index contributed by atoms with van der Waals surface area (Å²) in [5.41, 5.74) is 1.53. The highest BCUT2D eigenvalue weighted by Gasteiger charge is 2.29. The largest absolute Gasteiger partial charge is 0.339 e. The predicted octanol–water partition coefficient (Wildman–Crippen LogP) is 2.35. The summed E-state index contributed by atoms with van der Waals surface area (Å²) < 4.78 is 27.8. The second-order valence-corrected chi connectivity index (χ2v) is 8.84. The van der Waals surface area contributed by atoms with E-state index in [4.69, 9.17) is 0 Å². The van der Waals surface area contributed by atoms with Crippen LogP contribution in [0.15, 0.2) is 59.5 Å². The van der Waals surface area contributed by atoms with Gasteiger partial charge in [-0.05, 0) is 37.7 Å². The Labute approximate surface area is 167 Å². The number of carbonyl (C=O) groups is 1. The van der Waals surface area contributed by atoms with E-state index in [0.29, 0.717) is 18.8 Å². The molecule has 0 aromatic heterocycles. The van der Waals surface area contributed by atoms with Crippen LogP contribution in [0.3, 0.4) is 0 Å². The number of piperazine rings is 1. The van der Waals surface area contributed by atoms with Gasteiger partial charge in [0.05, 0.1) is 10.6 Å². The number of likely N-dealkylation sites (N-methyl/N-ethyl adjacent to an activating group) is 1. The van der Waals surface area contributed by atoms with Crippen molar-refractivity contribution in [1.29, 1.82) is 0 Å². The van der Waals surface area contributed by atoms with Crippen molar-refractivity contribution in [3.63, 3.8) is 0 Å². The van der Waals surface area contributed by atoms with Gasteiger partial charge in [-0.1, -0.05) is 42.8 Å². The van der Waals surface area contributed by atoms with Gasteiger partial charge in [0.1, 0.15) is 6.54 Å². The van der Waals surface area contributed by atoms with E-state index >= 15 is 0 Å². The summed E-state index contributed by atoms with van der Waals surface area (Å²) in [5.74, 6) is -0.171. The second kappa shape index (κ2) is 8.75. The third kappa shape index (κ3) is 4.54. The first-order valence-electron chi connectivity index (χ1n) is 9.56. The lowest BCUT2D eigenvalue weighted by molar-refractivity contribution is -0.131. The van der Waals surface area contributed by atoms with Crippen LogP contribution in [0, 0.1) is 6.92 Å². The number of benzene rings is 2. The Hall–Kier alpha value is -2.38. The standard InChI is InChI=1S/C21H27N3O3S/c1-3-22-13-15-23(16-14-22)21(25)17-24(19-11-9-18(2)10-12-19)28(26,27)20-7-5-4-6-8-20/h4-12H,3,13-17H2,1-2H3. The highest BCUT2D eigenvalue weighted by atomic mass is 32.2. The van der Waals surface area contributed by atoms with Gasteiger partial charge in [0.2, 0.25) is 5.91 Å². The minimum absolute atomic E-state index is 0.171. The van der Waals surface area contributed by atoms with Crippen molar-refractivity contribution < 1.29 is 13.2 Å². The second-order valence-electron chi connectivity index (χ2n) is 6.98. The summed E-state index contributed by atoms with van der Waals surface area (Å²) in [6.07, 6.45) is 0. The van der Waals surface area contributed by atoms with Crippen molar-refractivity contribution in [2.24, 2.45) is 0 Å². The smallest absolute Gasteiger partial charge is 0.264 e. The van der Waals surface area contributed by atoms with Crippen molar-refractivity contribution in [3.8, 4) is 0 Å². The SMILES string of the molecule is CCN1CCN(C(=O)CN(c2ccc(C)cc2)S(=O)(=O)c2ccccc2)CC1. The Morgan fingerprint density at radius 3 is 2.14 bits per heavy atom. The first kappa shape index (κ1) is 20.4. The number of nitrogens with zero attached hydrogens (tertiary/aromatic N) is 3. The normalized spacial score (nSPS) is 15.4. The molecular formula is C21H27N3O3S. The molecule has 28 heavy (non-hydrogen) atoms. The van der Waals surface area contributed by atoms with Crippen LogP contribution in [-0.4, -0.2) is 63.4 Å². The highest BCUT2D eigenvalue weighted by Crippen LogP contribution is 2.24. The molecule has 150 valence electrons. The highest BCUT2D eigenvalue weighted by molar-refractivity contribution is 7.92. The van der Waals surface area contributed by atoms with Gasteiger partial charge in [0.25, 0.3) is 10.0 Å². The van der Waals surface area contributed by atoms with E-state index in [-0.39, 0.29) is 17.3 Å². The molecule has 2 aromatic rings. The van der Waals surface area contributed by atoms with Crippen molar-refractivity contribution in [2.75, 3.05) is 43.6 Å². The first-order chi connectivity index (χ1) is 13.4. The zero-order valence-corrected chi connectivity index (χ0v) is 17.2. The zero-order chi connectivity index (χ0) is 20.1. The Morgan fingerprint density at radius 2 is 1.57 bits per heavy atom. The summed E-state index contributed by atoms with van der Waals surface area (Å²) in [7, 11) is -3.84. The predicted molar refractivity (Wildman–Crippen MR) is 111 cm³/mol. The fraction of sp³-hybridized carbons (Fsp3) is 0.381. The number of hydrogen-bond donors (Lipinski definition) is 0. The molecule has 7 heteroatoms. The number of amides is 1. The van der Waals surface area contributed by atoms with Crippen LogP contribution < -0.4 is 4.31 Å². The van der Waals surface area contributed by atoms with E-state index in [1.165, 1.54) is 4.31 Å². The van der Waals surface area contributed by atoms with Gasteiger partial charge in [0.15, 0.2) is 0 Å². The molecule has 0 saturated carbocycles. The molecular weight excluding hydrogens is 374 g/mol. The lowest BCUT2D eigenvalue weighted by Crippen LogP contribution is -2.51. The average Bonchev–Trinajstić information content (AvgIpc) is 2.73. The van der Waals surface area contributed by atoms with Crippen LogP contribution in [0.2, 0.25) is 0 Å². The Kier molecular flexibility index (Phi) is 6.36. The summed E-state index contributed by atoms with van der Waals surface area (Å²) in [5, 5.41) is 0. The minimum atomic E-state index is -3.84. The third-order valence-electron chi connectivity index (χ3n) is 5.10. The van der Waals surface area contributed by atoms with Gasteiger partial charge in [0, 0.05) is 26.2 Å². The van der Waals surface area contributed by atoms with Gasteiger partial charge in [-0.3, -0.25) is 9.10 Å². The molecule has 1 aliphatic heterocycles. The monoisotopic (exact) mass is 401 g/mol. The summed E-state index contributed by atoms with van der Waals surface area (Å²) >= 11 is 0. The van der Waals surface area contributed by atoms with Gasteiger partial charge in [-0.25, -0.2) is 8.42 Å². The minimum Gasteiger partial charge on any atom is -0.339 e. The van der Waals surface area contributed by atoms with Gasteiger partial charge in [-0.2, -0.15) is 0 Å². The number of carbonyl (C=O) groups excluding carboxylic acids is 1. The maximum atomic E-state index is 13.3. The number of aryl methyl sites for hydroxylation is 1. The molecule has 0 radical (unpaired) electrons. The molecule has 2 aromatic carbocycles. The Morgan fingerprint density at radius 1 is 0.964 bits per heavy atom. The lowest BCUT2D eigenvalue weighted by Gasteiger charge is -2.35. The maximum absolute atomic E-state index is 13.3. The van der Waals surface area contributed by atoms with E-state index in [2.05, 4.69) is 11.8 Å². The lowest BCUT2D eigenvalue weighted by atomic mass is 10.2. The van der Waals surface area contributed by atoms with Crippen molar-refractivity contribution in [1.82, 2.24) is 9.80 Å². The van der Waals surface area contributed by atoms with E-state index in [1.54, 1.807) is 47.4 Å². The van der Waals surface area contributed by atoms with Gasteiger partial charge >= 0.3 is 0 Å². The van der Waals surface area contributed by atoms with E-state index in [9.17, 15) is 13.2 Å². The molecule has 1 aliphatic rings. The van der Waals surface area contributed by atoms with Crippen LogP contribution in [-0.2, 0) is 14.8 Å². The number of anilines is 1.